The molecule has 0 aliphatic carbocycles. The van der Waals surface area contributed by atoms with Gasteiger partial charge in [-0.3, -0.25) is 0 Å². The first kappa shape index (κ1) is 22.5. The molecule has 0 heterocycles. The van der Waals surface area contributed by atoms with Crippen molar-refractivity contribution in [1.29, 1.82) is 0 Å². The van der Waals surface area contributed by atoms with Crippen molar-refractivity contribution in [2.45, 2.75) is 90.4 Å². The van der Waals surface area contributed by atoms with Gasteiger partial charge in [-0.15, -0.1) is 0 Å². The van der Waals surface area contributed by atoms with Crippen LogP contribution in [0.4, 0.5) is 0 Å². The van der Waals surface area contributed by atoms with Crippen LogP contribution in [0.3, 0.4) is 0 Å². The maximum absolute atomic E-state index is 8.92. The van der Waals surface area contributed by atoms with Gasteiger partial charge >= 0.3 is 0 Å². The van der Waals surface area contributed by atoms with E-state index in [0.29, 0.717) is 13.1 Å². The first-order valence-corrected chi connectivity index (χ1v) is 9.97. The number of nitrogens with zero attached hydrogens (tertiary/aromatic N) is 1. The molecular weight excluding hydrogens is 286 g/mol. The average Bonchev–Trinajstić information content (AvgIpc) is 2.55. The van der Waals surface area contributed by atoms with Crippen molar-refractivity contribution in [3.63, 3.8) is 0 Å². The summed E-state index contributed by atoms with van der Waals surface area (Å²) in [4.78, 5) is 1.97. The molecule has 0 unspecified atom stereocenters. The third-order valence-corrected chi connectivity index (χ3v) is 4.31. The van der Waals surface area contributed by atoms with Crippen LogP contribution in [0.1, 0.15) is 90.4 Å². The van der Waals surface area contributed by atoms with Crippen LogP contribution < -0.4 is 0 Å². The third-order valence-electron chi connectivity index (χ3n) is 4.31. The Kier molecular flexibility index (Phi) is 19.0. The van der Waals surface area contributed by atoms with Crippen LogP contribution in [0.15, 0.2) is 12.3 Å². The van der Waals surface area contributed by atoms with E-state index in [1.165, 1.54) is 77.0 Å². The maximum Gasteiger partial charge on any atom is 0.0606 e. The average molecular weight is 328 g/mol. The highest BCUT2D eigenvalue weighted by Crippen LogP contribution is 2.12. The predicted octanol–water partition coefficient (Wildman–Crippen LogP) is 4.88. The van der Waals surface area contributed by atoms with E-state index in [1.54, 1.807) is 0 Å². The fourth-order valence-corrected chi connectivity index (χ4v) is 2.84. The fourth-order valence-electron chi connectivity index (χ4n) is 2.84. The molecule has 0 radical (unpaired) electrons. The Morgan fingerprint density at radius 3 is 1.52 bits per heavy atom. The second-order valence-electron chi connectivity index (χ2n) is 6.55. The van der Waals surface area contributed by atoms with E-state index in [1.807, 2.05) is 11.1 Å². The molecule has 0 amide bonds. The second-order valence-corrected chi connectivity index (χ2v) is 6.55. The van der Waals surface area contributed by atoms with Gasteiger partial charge in [0.2, 0.25) is 0 Å². The number of aliphatic hydroxyl groups excluding tert-OH is 2. The lowest BCUT2D eigenvalue weighted by molar-refractivity contribution is 0.198. The van der Waals surface area contributed by atoms with Crippen LogP contribution in [0.2, 0.25) is 0 Å². The topological polar surface area (TPSA) is 43.7 Å². The summed E-state index contributed by atoms with van der Waals surface area (Å²) in [6.07, 6.45) is 21.9. The Hall–Kier alpha value is -0.540. The first-order valence-electron chi connectivity index (χ1n) is 9.97. The molecule has 0 saturated carbocycles. The van der Waals surface area contributed by atoms with E-state index in [9.17, 15) is 0 Å². The Labute approximate surface area is 144 Å². The summed E-state index contributed by atoms with van der Waals surface area (Å²) in [5, 5.41) is 17.8. The van der Waals surface area contributed by atoms with Gasteiger partial charge in [-0.1, -0.05) is 83.6 Å². The molecule has 0 atom stereocenters. The molecule has 138 valence electrons. The van der Waals surface area contributed by atoms with Gasteiger partial charge in [-0.25, -0.2) is 0 Å². The van der Waals surface area contributed by atoms with Crippen molar-refractivity contribution >= 4 is 0 Å². The van der Waals surface area contributed by atoms with Crippen molar-refractivity contribution in [3.05, 3.63) is 12.3 Å². The van der Waals surface area contributed by atoms with Gasteiger partial charge in [-0.05, 0) is 19.0 Å². The molecule has 0 aromatic rings. The highest BCUT2D eigenvalue weighted by molar-refractivity contribution is 4.82. The molecule has 0 aromatic heterocycles. The minimum atomic E-state index is 0.142. The molecule has 0 fully saturated rings. The zero-order valence-electron chi connectivity index (χ0n) is 15.5. The number of unbranched alkanes of at least 4 members (excludes halogenated alkanes) is 12. The van der Waals surface area contributed by atoms with E-state index >= 15 is 0 Å². The Morgan fingerprint density at radius 2 is 1.09 bits per heavy atom. The van der Waals surface area contributed by atoms with Crippen LogP contribution in [-0.4, -0.2) is 41.4 Å². The molecule has 23 heavy (non-hydrogen) atoms. The van der Waals surface area contributed by atoms with Gasteiger partial charge in [-0.2, -0.15) is 0 Å². The molecule has 0 spiro atoms. The van der Waals surface area contributed by atoms with E-state index < -0.39 is 0 Å². The largest absolute Gasteiger partial charge is 0.395 e. The van der Waals surface area contributed by atoms with Crippen LogP contribution in [0, 0.1) is 0 Å². The summed E-state index contributed by atoms with van der Waals surface area (Å²) in [5.74, 6) is 0. The summed E-state index contributed by atoms with van der Waals surface area (Å²) in [5.41, 5.74) is 0. The zero-order chi connectivity index (χ0) is 17.0. The molecule has 0 rings (SSSR count). The molecule has 0 bridgehead atoms. The number of rotatable bonds is 18. The molecule has 3 heteroatoms. The Morgan fingerprint density at radius 1 is 0.652 bits per heavy atom. The fraction of sp³-hybridized carbons (Fsp3) is 0.900. The van der Waals surface area contributed by atoms with Crippen molar-refractivity contribution in [1.82, 2.24) is 4.90 Å². The molecule has 0 aromatic carbocycles. The lowest BCUT2D eigenvalue weighted by atomic mass is 10.0. The number of hydrogen-bond acceptors (Lipinski definition) is 3. The van der Waals surface area contributed by atoms with Gasteiger partial charge in [0.25, 0.3) is 0 Å². The monoisotopic (exact) mass is 327 g/mol. The van der Waals surface area contributed by atoms with E-state index in [0.717, 1.165) is 6.42 Å². The lowest BCUT2D eigenvalue weighted by Crippen LogP contribution is -2.24. The van der Waals surface area contributed by atoms with Gasteiger partial charge in [0, 0.05) is 13.1 Å². The van der Waals surface area contributed by atoms with E-state index in [-0.39, 0.29) is 13.2 Å². The Bertz CT molecular complexity index is 238. The second kappa shape index (κ2) is 19.5. The standard InChI is InChI=1S/C20H41NO2/c1-2-3-4-5-6-7-8-9-10-11-12-13-14-15-16-21(17-19-22)18-20-23/h15-16,22-23H,2-14,17-20H2,1H3/b16-15+. The quantitative estimate of drug-likeness (QED) is 0.353. The molecule has 3 nitrogen and oxygen atoms in total. The summed E-state index contributed by atoms with van der Waals surface area (Å²) < 4.78 is 0. The van der Waals surface area contributed by atoms with E-state index in [4.69, 9.17) is 10.2 Å². The van der Waals surface area contributed by atoms with E-state index in [2.05, 4.69) is 13.0 Å². The molecule has 2 N–H and O–H groups in total. The van der Waals surface area contributed by atoms with Crippen LogP contribution in [0.5, 0.6) is 0 Å². The highest BCUT2D eigenvalue weighted by Gasteiger charge is 1.96. The molecule has 0 aliphatic heterocycles. The number of aliphatic hydroxyl groups is 2. The molecular formula is C20H41NO2. The highest BCUT2D eigenvalue weighted by atomic mass is 16.3. The smallest absolute Gasteiger partial charge is 0.0606 e. The summed E-state index contributed by atoms with van der Waals surface area (Å²) in [6, 6.07) is 0. The zero-order valence-corrected chi connectivity index (χ0v) is 15.5. The van der Waals surface area contributed by atoms with Gasteiger partial charge in [0.15, 0.2) is 0 Å². The Balaban J connectivity index is 3.26. The SMILES string of the molecule is CCCCCCCCCCCCCC/C=C/N(CCO)CCO. The van der Waals surface area contributed by atoms with Crippen molar-refractivity contribution in [2.24, 2.45) is 0 Å². The third kappa shape index (κ3) is 17.6. The first-order chi connectivity index (χ1) is 11.3. The minimum Gasteiger partial charge on any atom is -0.395 e. The predicted molar refractivity (Wildman–Crippen MR) is 101 cm³/mol. The van der Waals surface area contributed by atoms with Crippen LogP contribution >= 0.6 is 0 Å². The van der Waals surface area contributed by atoms with Crippen molar-refractivity contribution in [2.75, 3.05) is 26.3 Å². The molecule has 0 aliphatic rings. The van der Waals surface area contributed by atoms with Crippen LogP contribution in [-0.2, 0) is 0 Å². The van der Waals surface area contributed by atoms with Gasteiger partial charge < -0.3 is 15.1 Å². The van der Waals surface area contributed by atoms with Gasteiger partial charge in [0.05, 0.1) is 13.2 Å². The number of hydrogen-bond donors (Lipinski definition) is 2. The summed E-state index contributed by atoms with van der Waals surface area (Å²) >= 11 is 0. The van der Waals surface area contributed by atoms with Crippen molar-refractivity contribution in [3.8, 4) is 0 Å². The van der Waals surface area contributed by atoms with Crippen LogP contribution in [0.25, 0.3) is 0 Å². The lowest BCUT2D eigenvalue weighted by Gasteiger charge is -2.17. The summed E-state index contributed by atoms with van der Waals surface area (Å²) in [6.45, 7) is 3.77. The maximum atomic E-state index is 8.92. The van der Waals surface area contributed by atoms with Crippen molar-refractivity contribution < 1.29 is 10.2 Å². The molecule has 0 saturated heterocycles. The minimum absolute atomic E-state index is 0.142. The number of allylic oxidation sites excluding steroid dienone is 1. The van der Waals surface area contributed by atoms with Gasteiger partial charge in [0.1, 0.15) is 0 Å². The normalized spacial score (nSPS) is 11.4. The summed E-state index contributed by atoms with van der Waals surface area (Å²) in [7, 11) is 0.